The number of hydrogen-bond donors (Lipinski definition) is 0. The van der Waals surface area contributed by atoms with Crippen molar-refractivity contribution in [2.75, 3.05) is 0 Å². The van der Waals surface area contributed by atoms with Crippen LogP contribution in [0, 0.1) is 0 Å². The maximum atomic E-state index is 2.64. The number of imidazole rings is 1. The normalized spacial score (nSPS) is 11.6. The van der Waals surface area contributed by atoms with E-state index in [1.54, 1.807) is 5.82 Å². The van der Waals surface area contributed by atoms with Crippen LogP contribution in [0.1, 0.15) is 251 Å². The molecule has 0 aromatic carbocycles. The van der Waals surface area contributed by atoms with Gasteiger partial charge in [0.15, 0.2) is 0 Å². The first kappa shape index (κ1) is 43.2. The van der Waals surface area contributed by atoms with Crippen LogP contribution in [0.3, 0.4) is 0 Å². The Morgan fingerprint density at radius 3 is 1.04 bits per heavy atom. The van der Waals surface area contributed by atoms with Crippen LogP contribution in [0.15, 0.2) is 12.4 Å². The van der Waals surface area contributed by atoms with E-state index in [-0.39, 0.29) is 0 Å². The summed E-state index contributed by atoms with van der Waals surface area (Å²) in [6.07, 6.45) is 56.4. The minimum Gasteiger partial charge on any atom is -0.234 e. The molecule has 0 saturated carbocycles. The summed E-state index contributed by atoms with van der Waals surface area (Å²) in [6.45, 7) is 9.41. The van der Waals surface area contributed by atoms with Crippen molar-refractivity contribution in [1.29, 1.82) is 0 Å². The van der Waals surface area contributed by atoms with Gasteiger partial charge in [0, 0.05) is 6.42 Å². The van der Waals surface area contributed by atoms with Gasteiger partial charge in [-0.3, -0.25) is 0 Å². The molecule has 272 valence electrons. The quantitative estimate of drug-likeness (QED) is 0.0501. The molecule has 0 amide bonds. The first-order valence-electron chi connectivity index (χ1n) is 21.9. The van der Waals surface area contributed by atoms with Crippen molar-refractivity contribution in [3.05, 3.63) is 18.2 Å². The van der Waals surface area contributed by atoms with E-state index in [1.165, 1.54) is 244 Å². The summed E-state index contributed by atoms with van der Waals surface area (Å²) in [5.41, 5.74) is 0. The van der Waals surface area contributed by atoms with Gasteiger partial charge >= 0.3 is 0 Å². The molecule has 0 aliphatic rings. The van der Waals surface area contributed by atoms with Crippen molar-refractivity contribution in [1.82, 2.24) is 4.57 Å². The second kappa shape index (κ2) is 35.5. The average Bonchev–Trinajstić information content (AvgIpc) is 3.45. The molecule has 0 aliphatic heterocycles. The molecule has 1 rings (SSSR count). The number of aryl methyl sites for hydroxylation is 2. The highest BCUT2D eigenvalue weighted by Gasteiger charge is 2.16. The third kappa shape index (κ3) is 27.2. The molecular formula is C44H87N2+. The zero-order valence-corrected chi connectivity index (χ0v) is 32.4. The molecular weight excluding hydrogens is 556 g/mol. The minimum absolute atomic E-state index is 1.23. The third-order valence-corrected chi connectivity index (χ3v) is 10.6. The SMILES string of the molecule is CCCCCCCCCCCCCCCCCCC[n+]1ccn(CCCCCCCCCC)c1CCCCCCCCCCCC. The summed E-state index contributed by atoms with van der Waals surface area (Å²) < 4.78 is 5.28. The molecule has 2 heteroatoms. The molecule has 0 aliphatic carbocycles. The highest BCUT2D eigenvalue weighted by Crippen LogP contribution is 2.16. The summed E-state index contributed by atoms with van der Waals surface area (Å²) >= 11 is 0. The molecule has 0 N–H and O–H groups in total. The van der Waals surface area contributed by atoms with E-state index < -0.39 is 0 Å². The van der Waals surface area contributed by atoms with Crippen molar-refractivity contribution in [2.24, 2.45) is 0 Å². The topological polar surface area (TPSA) is 8.81 Å². The Labute approximate surface area is 291 Å². The Morgan fingerprint density at radius 1 is 0.370 bits per heavy atom. The van der Waals surface area contributed by atoms with Crippen molar-refractivity contribution in [3.8, 4) is 0 Å². The Hall–Kier alpha value is -0.790. The summed E-state index contributed by atoms with van der Waals surface area (Å²) in [5, 5.41) is 0. The van der Waals surface area contributed by atoms with E-state index in [9.17, 15) is 0 Å². The molecule has 0 bridgehead atoms. The van der Waals surface area contributed by atoms with Gasteiger partial charge in [0.2, 0.25) is 0 Å². The van der Waals surface area contributed by atoms with Crippen LogP contribution in [-0.4, -0.2) is 4.57 Å². The molecule has 0 unspecified atom stereocenters. The van der Waals surface area contributed by atoms with Gasteiger partial charge in [0.1, 0.15) is 12.4 Å². The lowest BCUT2D eigenvalue weighted by molar-refractivity contribution is -0.704. The Balaban J connectivity index is 2.21. The van der Waals surface area contributed by atoms with E-state index in [2.05, 4.69) is 42.3 Å². The molecule has 0 saturated heterocycles. The van der Waals surface area contributed by atoms with E-state index in [1.807, 2.05) is 0 Å². The van der Waals surface area contributed by atoms with Gasteiger partial charge in [-0.1, -0.05) is 213 Å². The van der Waals surface area contributed by atoms with Gasteiger partial charge in [-0.15, -0.1) is 0 Å². The lowest BCUT2D eigenvalue weighted by Gasteiger charge is -2.07. The lowest BCUT2D eigenvalue weighted by Crippen LogP contribution is -2.37. The van der Waals surface area contributed by atoms with Crippen LogP contribution in [0.2, 0.25) is 0 Å². The Morgan fingerprint density at radius 2 is 0.674 bits per heavy atom. The highest BCUT2D eigenvalue weighted by molar-refractivity contribution is 4.84. The molecule has 46 heavy (non-hydrogen) atoms. The predicted octanol–water partition coefficient (Wildman–Crippen LogP) is 15.0. The standard InChI is InChI=1S/C44H87N2/c1-4-7-10-13-16-19-21-22-23-24-25-26-27-29-32-35-38-41-46-43-42-45(40-37-34-31-18-15-12-9-6-3)44(46)39-36-33-30-28-20-17-14-11-8-5-2/h42-43H,4-41H2,1-3H3/q+1. The Bertz CT molecular complexity index is 707. The second-order valence-corrected chi connectivity index (χ2v) is 15.2. The molecule has 0 radical (unpaired) electrons. The van der Waals surface area contributed by atoms with Crippen LogP contribution in [0.4, 0.5) is 0 Å². The van der Waals surface area contributed by atoms with Crippen LogP contribution in [0.25, 0.3) is 0 Å². The van der Waals surface area contributed by atoms with Crippen LogP contribution >= 0.6 is 0 Å². The monoisotopic (exact) mass is 644 g/mol. The minimum atomic E-state index is 1.23. The van der Waals surface area contributed by atoms with Crippen LogP contribution in [0.5, 0.6) is 0 Å². The van der Waals surface area contributed by atoms with E-state index in [4.69, 9.17) is 0 Å². The fourth-order valence-electron chi connectivity index (χ4n) is 7.39. The van der Waals surface area contributed by atoms with Gasteiger partial charge in [-0.2, -0.15) is 0 Å². The van der Waals surface area contributed by atoms with Crippen molar-refractivity contribution >= 4 is 0 Å². The van der Waals surface area contributed by atoms with E-state index >= 15 is 0 Å². The molecule has 0 atom stereocenters. The predicted molar refractivity (Wildman–Crippen MR) is 207 cm³/mol. The maximum absolute atomic E-state index is 2.64. The maximum Gasteiger partial charge on any atom is 0.256 e. The highest BCUT2D eigenvalue weighted by atomic mass is 15.1. The van der Waals surface area contributed by atoms with Gasteiger partial charge in [0.25, 0.3) is 5.82 Å². The molecule has 0 spiro atoms. The third-order valence-electron chi connectivity index (χ3n) is 10.6. The zero-order valence-electron chi connectivity index (χ0n) is 32.4. The van der Waals surface area contributed by atoms with Gasteiger partial charge in [-0.05, 0) is 32.1 Å². The molecule has 1 aromatic rings. The molecule has 1 aromatic heterocycles. The van der Waals surface area contributed by atoms with E-state index in [0.29, 0.717) is 0 Å². The largest absolute Gasteiger partial charge is 0.256 e. The zero-order chi connectivity index (χ0) is 33.0. The summed E-state index contributed by atoms with van der Waals surface area (Å²) in [6, 6.07) is 0. The second-order valence-electron chi connectivity index (χ2n) is 15.2. The number of aromatic nitrogens is 2. The fraction of sp³-hybridized carbons (Fsp3) is 0.932. The van der Waals surface area contributed by atoms with Crippen molar-refractivity contribution in [3.63, 3.8) is 0 Å². The summed E-state index contributed by atoms with van der Waals surface area (Å²) in [5.74, 6) is 1.62. The average molecular weight is 644 g/mol. The van der Waals surface area contributed by atoms with Gasteiger partial charge in [0.05, 0.1) is 13.1 Å². The van der Waals surface area contributed by atoms with Gasteiger partial charge < -0.3 is 0 Å². The van der Waals surface area contributed by atoms with Crippen LogP contribution in [-0.2, 0) is 19.5 Å². The number of rotatable bonds is 38. The lowest BCUT2D eigenvalue weighted by atomic mass is 10.0. The molecule has 1 heterocycles. The van der Waals surface area contributed by atoms with Crippen molar-refractivity contribution in [2.45, 2.75) is 265 Å². The molecule has 2 nitrogen and oxygen atoms in total. The van der Waals surface area contributed by atoms with E-state index in [0.717, 1.165) is 0 Å². The van der Waals surface area contributed by atoms with Crippen LogP contribution < -0.4 is 4.57 Å². The first-order valence-corrected chi connectivity index (χ1v) is 21.9. The number of hydrogen-bond acceptors (Lipinski definition) is 0. The summed E-state index contributed by atoms with van der Waals surface area (Å²) in [4.78, 5) is 0. The number of unbranched alkanes of at least 4 members (excludes halogenated alkanes) is 32. The fourth-order valence-corrected chi connectivity index (χ4v) is 7.39. The number of nitrogens with zero attached hydrogens (tertiary/aromatic N) is 2. The smallest absolute Gasteiger partial charge is 0.234 e. The first-order chi connectivity index (χ1) is 22.8. The summed E-state index contributed by atoms with van der Waals surface area (Å²) in [7, 11) is 0. The van der Waals surface area contributed by atoms with Gasteiger partial charge in [-0.25, -0.2) is 9.13 Å². The van der Waals surface area contributed by atoms with Crippen molar-refractivity contribution < 1.29 is 4.57 Å². The Kier molecular flexibility index (Phi) is 33.4. The molecule has 0 fully saturated rings.